The lowest BCUT2D eigenvalue weighted by Gasteiger charge is -2.29. The molecule has 1 aliphatic rings. The van der Waals surface area contributed by atoms with Crippen molar-refractivity contribution in [3.63, 3.8) is 0 Å². The Morgan fingerprint density at radius 2 is 2.10 bits per heavy atom. The standard InChI is InChI=1S/C16H24N2O2/c1-3-4-15(19)18-13-6-8-14(9-7-13)20-16-10-5-12(2)11-17-16/h5,10-11,13-14H,3-4,6-9H2,1-2H3,(H,18,19). The number of carbonyl (C=O) groups excluding carboxylic acids is 1. The first-order chi connectivity index (χ1) is 9.67. The van der Waals surface area contributed by atoms with Crippen LogP contribution in [0.15, 0.2) is 18.3 Å². The second-order valence-corrected chi connectivity index (χ2v) is 5.58. The van der Waals surface area contributed by atoms with Crippen LogP contribution in [-0.4, -0.2) is 23.0 Å². The number of aryl methyl sites for hydroxylation is 1. The molecule has 20 heavy (non-hydrogen) atoms. The Labute approximate surface area is 120 Å². The maximum Gasteiger partial charge on any atom is 0.220 e. The highest BCUT2D eigenvalue weighted by molar-refractivity contribution is 5.76. The molecule has 0 atom stereocenters. The van der Waals surface area contributed by atoms with Crippen molar-refractivity contribution in [2.24, 2.45) is 0 Å². The van der Waals surface area contributed by atoms with E-state index in [1.54, 1.807) is 0 Å². The Hall–Kier alpha value is -1.58. The van der Waals surface area contributed by atoms with E-state index in [-0.39, 0.29) is 12.0 Å². The van der Waals surface area contributed by atoms with Crippen molar-refractivity contribution < 1.29 is 9.53 Å². The van der Waals surface area contributed by atoms with E-state index in [2.05, 4.69) is 10.3 Å². The molecule has 0 aromatic carbocycles. The Balaban J connectivity index is 1.74. The van der Waals surface area contributed by atoms with Gasteiger partial charge in [0.05, 0.1) is 0 Å². The van der Waals surface area contributed by atoms with E-state index < -0.39 is 0 Å². The first-order valence-electron chi connectivity index (χ1n) is 7.56. The lowest BCUT2D eigenvalue weighted by molar-refractivity contribution is -0.122. The van der Waals surface area contributed by atoms with Gasteiger partial charge in [0.1, 0.15) is 6.10 Å². The minimum absolute atomic E-state index is 0.178. The third-order valence-electron chi connectivity index (χ3n) is 3.69. The molecule has 1 amide bonds. The van der Waals surface area contributed by atoms with E-state index in [0.717, 1.165) is 37.7 Å². The van der Waals surface area contributed by atoms with Crippen LogP contribution in [0.4, 0.5) is 0 Å². The van der Waals surface area contributed by atoms with Crippen LogP contribution in [0.25, 0.3) is 0 Å². The van der Waals surface area contributed by atoms with Crippen LogP contribution >= 0.6 is 0 Å². The number of hydrogen-bond donors (Lipinski definition) is 1. The van der Waals surface area contributed by atoms with Gasteiger partial charge in [0.2, 0.25) is 11.8 Å². The van der Waals surface area contributed by atoms with Gasteiger partial charge in [-0.2, -0.15) is 0 Å². The Kier molecular flexibility index (Phi) is 5.39. The van der Waals surface area contributed by atoms with E-state index in [0.29, 0.717) is 18.3 Å². The number of aromatic nitrogens is 1. The Bertz CT molecular complexity index is 423. The molecule has 0 aliphatic heterocycles. The largest absolute Gasteiger partial charge is 0.474 e. The lowest BCUT2D eigenvalue weighted by atomic mass is 9.93. The van der Waals surface area contributed by atoms with Gasteiger partial charge in [0.15, 0.2) is 0 Å². The van der Waals surface area contributed by atoms with Crippen LogP contribution in [0.3, 0.4) is 0 Å². The summed E-state index contributed by atoms with van der Waals surface area (Å²) in [5.74, 6) is 0.881. The van der Waals surface area contributed by atoms with Gasteiger partial charge in [-0.05, 0) is 44.6 Å². The van der Waals surface area contributed by atoms with Crippen molar-refractivity contribution in [3.05, 3.63) is 23.9 Å². The SMILES string of the molecule is CCCC(=O)NC1CCC(Oc2ccc(C)cn2)CC1. The first-order valence-corrected chi connectivity index (χ1v) is 7.56. The molecule has 0 spiro atoms. The zero-order valence-electron chi connectivity index (χ0n) is 12.4. The summed E-state index contributed by atoms with van der Waals surface area (Å²) in [6.07, 6.45) is 7.53. The van der Waals surface area contributed by atoms with Gasteiger partial charge < -0.3 is 10.1 Å². The normalized spacial score (nSPS) is 22.3. The highest BCUT2D eigenvalue weighted by Crippen LogP contribution is 2.23. The number of hydrogen-bond acceptors (Lipinski definition) is 3. The predicted octanol–water partition coefficient (Wildman–Crippen LogP) is 3.00. The lowest BCUT2D eigenvalue weighted by Crippen LogP contribution is -2.39. The quantitative estimate of drug-likeness (QED) is 0.899. The molecule has 1 heterocycles. The maximum atomic E-state index is 11.6. The number of ether oxygens (including phenoxy) is 1. The maximum absolute atomic E-state index is 11.6. The minimum Gasteiger partial charge on any atom is -0.474 e. The van der Waals surface area contributed by atoms with Gasteiger partial charge in [-0.3, -0.25) is 4.79 Å². The summed E-state index contributed by atoms with van der Waals surface area (Å²) >= 11 is 0. The number of carbonyl (C=O) groups is 1. The molecule has 4 nitrogen and oxygen atoms in total. The van der Waals surface area contributed by atoms with E-state index >= 15 is 0 Å². The van der Waals surface area contributed by atoms with Crippen LogP contribution < -0.4 is 10.1 Å². The summed E-state index contributed by atoms with van der Waals surface area (Å²) in [5, 5.41) is 3.10. The molecule has 0 bridgehead atoms. The van der Waals surface area contributed by atoms with Crippen LogP contribution in [0, 0.1) is 6.92 Å². The summed E-state index contributed by atoms with van der Waals surface area (Å²) in [5.41, 5.74) is 1.14. The number of nitrogens with zero attached hydrogens (tertiary/aromatic N) is 1. The van der Waals surface area contributed by atoms with Crippen molar-refractivity contribution in [2.45, 2.75) is 64.5 Å². The highest BCUT2D eigenvalue weighted by Gasteiger charge is 2.23. The van der Waals surface area contributed by atoms with Gasteiger partial charge >= 0.3 is 0 Å². The summed E-state index contributed by atoms with van der Waals surface area (Å²) in [6, 6.07) is 4.25. The summed E-state index contributed by atoms with van der Waals surface area (Å²) in [6.45, 7) is 4.04. The van der Waals surface area contributed by atoms with Crippen molar-refractivity contribution in [1.29, 1.82) is 0 Å². The molecule has 1 aromatic heterocycles. The molecule has 4 heteroatoms. The summed E-state index contributed by atoms with van der Waals surface area (Å²) in [4.78, 5) is 15.8. The first kappa shape index (κ1) is 14.8. The minimum atomic E-state index is 0.178. The van der Waals surface area contributed by atoms with Crippen LogP contribution in [0.5, 0.6) is 5.88 Å². The molecule has 2 rings (SSSR count). The molecule has 1 aliphatic carbocycles. The van der Waals surface area contributed by atoms with Crippen molar-refractivity contribution >= 4 is 5.91 Å². The second-order valence-electron chi connectivity index (χ2n) is 5.58. The van der Waals surface area contributed by atoms with Crippen molar-refractivity contribution in [1.82, 2.24) is 10.3 Å². The average molecular weight is 276 g/mol. The van der Waals surface area contributed by atoms with Crippen LogP contribution in [0.1, 0.15) is 51.0 Å². The fourth-order valence-electron chi connectivity index (χ4n) is 2.55. The molecular weight excluding hydrogens is 252 g/mol. The molecule has 0 unspecified atom stereocenters. The molecule has 1 aromatic rings. The van der Waals surface area contributed by atoms with Crippen LogP contribution in [0.2, 0.25) is 0 Å². The predicted molar refractivity (Wildman–Crippen MR) is 78.7 cm³/mol. The molecule has 1 saturated carbocycles. The monoisotopic (exact) mass is 276 g/mol. The number of amides is 1. The molecule has 1 N–H and O–H groups in total. The summed E-state index contributed by atoms with van der Waals surface area (Å²) in [7, 11) is 0. The van der Waals surface area contributed by atoms with Gasteiger partial charge in [-0.25, -0.2) is 4.98 Å². The number of rotatable bonds is 5. The smallest absolute Gasteiger partial charge is 0.220 e. The fourth-order valence-corrected chi connectivity index (χ4v) is 2.55. The van der Waals surface area contributed by atoms with Gasteiger partial charge in [-0.15, -0.1) is 0 Å². The zero-order chi connectivity index (χ0) is 14.4. The Morgan fingerprint density at radius 3 is 2.70 bits per heavy atom. The average Bonchev–Trinajstić information content (AvgIpc) is 2.44. The third-order valence-corrected chi connectivity index (χ3v) is 3.69. The van der Waals surface area contributed by atoms with E-state index in [9.17, 15) is 4.79 Å². The highest BCUT2D eigenvalue weighted by atomic mass is 16.5. The number of pyridine rings is 1. The van der Waals surface area contributed by atoms with Gasteiger partial charge in [-0.1, -0.05) is 13.0 Å². The fraction of sp³-hybridized carbons (Fsp3) is 0.625. The number of nitrogens with one attached hydrogen (secondary N) is 1. The zero-order valence-corrected chi connectivity index (χ0v) is 12.4. The van der Waals surface area contributed by atoms with Crippen LogP contribution in [-0.2, 0) is 4.79 Å². The van der Waals surface area contributed by atoms with E-state index in [4.69, 9.17) is 4.74 Å². The molecule has 0 radical (unpaired) electrons. The molecule has 1 fully saturated rings. The second kappa shape index (κ2) is 7.27. The van der Waals surface area contributed by atoms with Gasteiger partial charge in [0, 0.05) is 24.7 Å². The van der Waals surface area contributed by atoms with Crippen molar-refractivity contribution in [2.75, 3.05) is 0 Å². The third kappa shape index (κ3) is 4.51. The Morgan fingerprint density at radius 1 is 1.35 bits per heavy atom. The van der Waals surface area contributed by atoms with Gasteiger partial charge in [0.25, 0.3) is 0 Å². The summed E-state index contributed by atoms with van der Waals surface area (Å²) < 4.78 is 5.89. The van der Waals surface area contributed by atoms with E-state index in [1.165, 1.54) is 0 Å². The molecule has 110 valence electrons. The molecular formula is C16H24N2O2. The topological polar surface area (TPSA) is 51.2 Å². The molecule has 0 saturated heterocycles. The van der Waals surface area contributed by atoms with E-state index in [1.807, 2.05) is 32.2 Å². The van der Waals surface area contributed by atoms with Crippen molar-refractivity contribution in [3.8, 4) is 5.88 Å².